The van der Waals surface area contributed by atoms with E-state index in [1.807, 2.05) is 36.4 Å². The van der Waals surface area contributed by atoms with Gasteiger partial charge in [0.2, 0.25) is 0 Å². The molecule has 0 atom stereocenters. The fourth-order valence-electron chi connectivity index (χ4n) is 5.94. The predicted molar refractivity (Wildman–Crippen MR) is 190 cm³/mol. The number of halogens is 2. The fourth-order valence-corrected chi connectivity index (χ4v) is 6.19. The lowest BCUT2D eigenvalue weighted by atomic mass is 10.0. The molecule has 2 amide bonds. The molecule has 0 fully saturated rings. The monoisotopic (exact) mass is 692 g/mol. The standard InChI is InChI=1S/C39H34Cl2N4O4/c40-34-16-12-28(13-17-34)36(46)32-22-42(26-44(24-32)38(48)30-8-3-1-4-9-30)20-7-21-43-23-33(37(47)29-14-18-35(41)19-15-29)25-45(27-43)39(49)31-10-5-2-6-11-31/h1-6,8-19,24-25H,7,20-23,26-27H2. The number of carbonyl (C=O) groups is 4. The maximum Gasteiger partial charge on any atom is 0.258 e. The average molecular weight is 694 g/mol. The molecule has 0 aliphatic carbocycles. The summed E-state index contributed by atoms with van der Waals surface area (Å²) in [5.41, 5.74) is 3.03. The Kier molecular flexibility index (Phi) is 10.8. The van der Waals surface area contributed by atoms with Crippen molar-refractivity contribution in [3.05, 3.63) is 165 Å². The van der Waals surface area contributed by atoms with Gasteiger partial charge in [-0.25, -0.2) is 0 Å². The quantitative estimate of drug-likeness (QED) is 0.166. The van der Waals surface area contributed by atoms with Gasteiger partial charge in [0.05, 0.1) is 13.3 Å². The molecule has 6 rings (SSSR count). The Morgan fingerprint density at radius 2 is 0.857 bits per heavy atom. The van der Waals surface area contributed by atoms with Crippen molar-refractivity contribution in [2.45, 2.75) is 6.42 Å². The Morgan fingerprint density at radius 3 is 1.22 bits per heavy atom. The van der Waals surface area contributed by atoms with Crippen molar-refractivity contribution in [3.63, 3.8) is 0 Å². The zero-order valence-corrected chi connectivity index (χ0v) is 28.2. The van der Waals surface area contributed by atoms with Crippen molar-refractivity contribution < 1.29 is 19.2 Å². The van der Waals surface area contributed by atoms with E-state index in [4.69, 9.17) is 23.2 Å². The van der Waals surface area contributed by atoms with Gasteiger partial charge < -0.3 is 9.80 Å². The van der Waals surface area contributed by atoms with Crippen molar-refractivity contribution in [3.8, 4) is 0 Å². The molecule has 4 aromatic carbocycles. The summed E-state index contributed by atoms with van der Waals surface area (Å²) in [4.78, 5) is 61.4. The SMILES string of the molecule is O=C(C1=CN(C(=O)c2ccccc2)CN(CCCN2CC(C(=O)c3ccc(Cl)cc3)=CN(C(=O)c3ccccc3)C2)C1)c1ccc(Cl)cc1. The lowest BCUT2D eigenvalue weighted by Gasteiger charge is -2.36. The van der Waals surface area contributed by atoms with Crippen molar-refractivity contribution in [1.29, 1.82) is 0 Å². The van der Waals surface area contributed by atoms with E-state index in [1.54, 1.807) is 95.0 Å². The van der Waals surface area contributed by atoms with Gasteiger partial charge in [0.15, 0.2) is 11.6 Å². The summed E-state index contributed by atoms with van der Waals surface area (Å²) >= 11 is 12.1. The molecule has 0 N–H and O–H groups in total. The lowest BCUT2D eigenvalue weighted by Crippen LogP contribution is -2.47. The molecule has 2 aliphatic heterocycles. The summed E-state index contributed by atoms with van der Waals surface area (Å²) < 4.78 is 0. The van der Waals surface area contributed by atoms with E-state index in [0.717, 1.165) is 0 Å². The van der Waals surface area contributed by atoms with Crippen LogP contribution in [0.3, 0.4) is 0 Å². The number of ketones is 2. The summed E-state index contributed by atoms with van der Waals surface area (Å²) in [7, 11) is 0. The van der Waals surface area contributed by atoms with Crippen molar-refractivity contribution in [2.75, 3.05) is 39.5 Å². The third-order valence-electron chi connectivity index (χ3n) is 8.42. The Morgan fingerprint density at radius 1 is 0.490 bits per heavy atom. The third kappa shape index (κ3) is 8.42. The first-order chi connectivity index (χ1) is 23.7. The van der Waals surface area contributed by atoms with E-state index >= 15 is 0 Å². The van der Waals surface area contributed by atoms with Crippen LogP contribution in [0.25, 0.3) is 0 Å². The molecule has 10 heteroatoms. The molecule has 8 nitrogen and oxygen atoms in total. The smallest absolute Gasteiger partial charge is 0.258 e. The van der Waals surface area contributed by atoms with E-state index in [1.165, 1.54) is 0 Å². The van der Waals surface area contributed by atoms with Crippen LogP contribution < -0.4 is 0 Å². The molecule has 4 aromatic rings. The average Bonchev–Trinajstić information content (AvgIpc) is 3.14. The molecular formula is C39H34Cl2N4O4. The maximum atomic E-state index is 13.6. The number of carbonyl (C=O) groups excluding carboxylic acids is 4. The molecule has 0 saturated heterocycles. The molecule has 2 aliphatic rings. The van der Waals surface area contributed by atoms with Crippen LogP contribution >= 0.6 is 23.2 Å². The van der Waals surface area contributed by atoms with Crippen LogP contribution in [0.2, 0.25) is 10.0 Å². The normalized spacial score (nSPS) is 15.4. The molecule has 0 unspecified atom stereocenters. The van der Waals surface area contributed by atoms with Crippen LogP contribution in [0, 0.1) is 0 Å². The molecule has 248 valence electrons. The minimum Gasteiger partial charge on any atom is -0.301 e. The second kappa shape index (κ2) is 15.6. The first-order valence-corrected chi connectivity index (χ1v) is 16.7. The van der Waals surface area contributed by atoms with Crippen LogP contribution in [0.1, 0.15) is 47.9 Å². The van der Waals surface area contributed by atoms with Gasteiger partial charge in [0.25, 0.3) is 11.8 Å². The Labute approximate surface area is 295 Å². The minimum atomic E-state index is -0.201. The summed E-state index contributed by atoms with van der Waals surface area (Å²) in [6.45, 7) is 2.47. The van der Waals surface area contributed by atoms with E-state index in [-0.39, 0.29) is 23.4 Å². The van der Waals surface area contributed by atoms with E-state index in [0.29, 0.717) is 89.4 Å². The molecule has 0 bridgehead atoms. The molecule has 0 radical (unpaired) electrons. The molecule has 49 heavy (non-hydrogen) atoms. The van der Waals surface area contributed by atoms with Gasteiger partial charge in [0.1, 0.15) is 0 Å². The summed E-state index contributed by atoms with van der Waals surface area (Å²) in [6, 6.07) is 31.4. The third-order valence-corrected chi connectivity index (χ3v) is 8.93. The van der Waals surface area contributed by atoms with Crippen LogP contribution in [0.5, 0.6) is 0 Å². The van der Waals surface area contributed by atoms with Gasteiger partial charge in [-0.15, -0.1) is 0 Å². The maximum absolute atomic E-state index is 13.6. The zero-order chi connectivity index (χ0) is 34.3. The molecule has 2 heterocycles. The second-order valence-electron chi connectivity index (χ2n) is 12.0. The minimum absolute atomic E-state index is 0.172. The summed E-state index contributed by atoms with van der Waals surface area (Å²) in [5, 5.41) is 1.07. The number of rotatable bonds is 10. The molecular weight excluding hydrogens is 659 g/mol. The second-order valence-corrected chi connectivity index (χ2v) is 12.9. The highest BCUT2D eigenvalue weighted by atomic mass is 35.5. The number of Topliss-reactive ketones (excluding diaryl/α,β-unsaturated/α-hetero) is 2. The summed E-state index contributed by atoms with van der Waals surface area (Å²) in [5.74, 6) is -0.746. The number of hydrogen-bond acceptors (Lipinski definition) is 6. The van der Waals surface area contributed by atoms with Gasteiger partial charge in [-0.05, 0) is 79.2 Å². The Balaban J connectivity index is 1.18. The van der Waals surface area contributed by atoms with E-state index in [9.17, 15) is 19.2 Å². The van der Waals surface area contributed by atoms with Crippen LogP contribution in [0.4, 0.5) is 0 Å². The van der Waals surface area contributed by atoms with Gasteiger partial charge in [-0.2, -0.15) is 0 Å². The lowest BCUT2D eigenvalue weighted by molar-refractivity contribution is 0.0670. The number of nitrogens with zero attached hydrogens (tertiary/aromatic N) is 4. The fraction of sp³-hybridized carbons (Fsp3) is 0.179. The highest BCUT2D eigenvalue weighted by Crippen LogP contribution is 2.22. The predicted octanol–water partition coefficient (Wildman–Crippen LogP) is 7.05. The zero-order valence-electron chi connectivity index (χ0n) is 26.7. The van der Waals surface area contributed by atoms with Crippen molar-refractivity contribution in [2.24, 2.45) is 0 Å². The van der Waals surface area contributed by atoms with Crippen LogP contribution in [0.15, 0.2) is 133 Å². The number of hydrogen-bond donors (Lipinski definition) is 0. The van der Waals surface area contributed by atoms with E-state index < -0.39 is 0 Å². The highest BCUT2D eigenvalue weighted by Gasteiger charge is 2.29. The van der Waals surface area contributed by atoms with Crippen molar-refractivity contribution in [1.82, 2.24) is 19.6 Å². The molecule has 0 spiro atoms. The van der Waals surface area contributed by atoms with E-state index in [2.05, 4.69) is 9.80 Å². The summed E-state index contributed by atoms with van der Waals surface area (Å²) in [6.07, 6.45) is 3.96. The van der Waals surface area contributed by atoms with Gasteiger partial charge in [-0.3, -0.25) is 29.0 Å². The van der Waals surface area contributed by atoms with Crippen LogP contribution in [-0.4, -0.2) is 82.5 Å². The highest BCUT2D eigenvalue weighted by molar-refractivity contribution is 6.31. The topological polar surface area (TPSA) is 81.2 Å². The van der Waals surface area contributed by atoms with Crippen LogP contribution in [-0.2, 0) is 0 Å². The molecule has 0 aromatic heterocycles. The first kappa shape index (κ1) is 34.0. The van der Waals surface area contributed by atoms with Crippen molar-refractivity contribution >= 4 is 46.6 Å². The first-order valence-electron chi connectivity index (χ1n) is 15.9. The number of amides is 2. The number of benzene rings is 4. The Hall–Kier alpha value is -4.86. The molecule has 0 saturated carbocycles. The largest absolute Gasteiger partial charge is 0.301 e. The van der Waals surface area contributed by atoms with Gasteiger partial charge in [0, 0.05) is 82.0 Å². The Bertz CT molecular complexity index is 1760. The van der Waals surface area contributed by atoms with Gasteiger partial charge in [-0.1, -0.05) is 59.6 Å². The van der Waals surface area contributed by atoms with Gasteiger partial charge >= 0.3 is 0 Å².